The molecule has 0 spiro atoms. The third-order valence-electron chi connectivity index (χ3n) is 9.58. The lowest BCUT2D eigenvalue weighted by molar-refractivity contribution is -0.165. The molecule has 1 aliphatic heterocycles. The Morgan fingerprint density at radius 1 is 1.22 bits per heavy atom. The highest BCUT2D eigenvalue weighted by molar-refractivity contribution is 5.40. The van der Waals surface area contributed by atoms with E-state index in [1.54, 1.807) is 6.92 Å². The van der Waals surface area contributed by atoms with E-state index in [2.05, 4.69) is 47.3 Å². The van der Waals surface area contributed by atoms with Crippen molar-refractivity contribution in [3.63, 3.8) is 0 Å². The molecule has 1 aromatic rings. The molecule has 2 heterocycles. The lowest BCUT2D eigenvalue weighted by atomic mass is 9.43. The van der Waals surface area contributed by atoms with Crippen molar-refractivity contribution >= 4 is 0 Å². The summed E-state index contributed by atoms with van der Waals surface area (Å²) < 4.78 is 12.2. The van der Waals surface area contributed by atoms with Gasteiger partial charge in [0.15, 0.2) is 0 Å². The van der Waals surface area contributed by atoms with Gasteiger partial charge in [0.25, 0.3) is 0 Å². The highest BCUT2D eigenvalue weighted by Crippen LogP contribution is 2.68. The molecule has 32 heavy (non-hydrogen) atoms. The molecule has 0 unspecified atom stereocenters. The number of aryl methyl sites for hydroxylation is 1. The molecular formula is C28H40O4. The van der Waals surface area contributed by atoms with E-state index in [-0.39, 0.29) is 34.2 Å². The van der Waals surface area contributed by atoms with Gasteiger partial charge in [-0.25, -0.2) is 4.79 Å². The van der Waals surface area contributed by atoms with E-state index in [0.717, 1.165) is 32.1 Å². The van der Waals surface area contributed by atoms with Gasteiger partial charge in [0.2, 0.25) is 0 Å². The summed E-state index contributed by atoms with van der Waals surface area (Å²) in [6.07, 6.45) is 8.07. The SMILES string of the molecule is C=C1CC[C@@H]2[C@](C)(CC[C@@]3(C)O[C@H](C=C(C)C)C[C@@]23C)[C@@H]1Cc1c(O)c(C)c(C)oc1=O. The molecule has 0 radical (unpaired) electrons. The fourth-order valence-electron chi connectivity index (χ4n) is 7.44. The molecular weight excluding hydrogens is 400 g/mol. The topological polar surface area (TPSA) is 59.7 Å². The summed E-state index contributed by atoms with van der Waals surface area (Å²) in [6.45, 7) is 19.4. The molecule has 4 heteroatoms. The predicted molar refractivity (Wildman–Crippen MR) is 128 cm³/mol. The first-order chi connectivity index (χ1) is 14.8. The van der Waals surface area contributed by atoms with Crippen molar-refractivity contribution in [2.24, 2.45) is 22.7 Å². The lowest BCUT2D eigenvalue weighted by Crippen LogP contribution is -2.59. The molecule has 6 atom stereocenters. The summed E-state index contributed by atoms with van der Waals surface area (Å²) in [5.74, 6) is 1.19. The molecule has 1 saturated heterocycles. The lowest BCUT2D eigenvalue weighted by Gasteiger charge is -2.62. The fraction of sp³-hybridized carbons (Fsp3) is 0.679. The average molecular weight is 441 g/mol. The minimum absolute atomic E-state index is 0.00445. The van der Waals surface area contributed by atoms with Crippen LogP contribution in [0.4, 0.5) is 0 Å². The van der Waals surface area contributed by atoms with Gasteiger partial charge in [-0.1, -0.05) is 37.6 Å². The average Bonchev–Trinajstić information content (AvgIpc) is 2.94. The largest absolute Gasteiger partial charge is 0.507 e. The summed E-state index contributed by atoms with van der Waals surface area (Å²) in [5, 5.41) is 10.8. The number of ether oxygens (including phenoxy) is 1. The quantitative estimate of drug-likeness (QED) is 0.552. The molecule has 4 nitrogen and oxygen atoms in total. The second-order valence-corrected chi connectivity index (χ2v) is 11.7. The first-order valence-corrected chi connectivity index (χ1v) is 12.1. The van der Waals surface area contributed by atoms with E-state index in [9.17, 15) is 9.90 Å². The monoisotopic (exact) mass is 440 g/mol. The van der Waals surface area contributed by atoms with Crippen LogP contribution in [-0.4, -0.2) is 16.8 Å². The van der Waals surface area contributed by atoms with Crippen LogP contribution in [0.15, 0.2) is 33.0 Å². The Balaban J connectivity index is 1.73. The third kappa shape index (κ3) is 3.32. The molecule has 3 aliphatic rings. The number of fused-ring (bicyclic) bond motifs is 3. The van der Waals surface area contributed by atoms with E-state index in [1.807, 2.05) is 6.92 Å². The van der Waals surface area contributed by atoms with Crippen molar-refractivity contribution in [1.29, 1.82) is 0 Å². The number of rotatable bonds is 3. The zero-order valence-electron chi connectivity index (χ0n) is 20.9. The van der Waals surface area contributed by atoms with Gasteiger partial charge in [0.05, 0.1) is 17.3 Å². The molecule has 3 fully saturated rings. The van der Waals surface area contributed by atoms with Gasteiger partial charge < -0.3 is 14.3 Å². The molecule has 2 aliphatic carbocycles. The van der Waals surface area contributed by atoms with Crippen molar-refractivity contribution in [3.8, 4) is 5.75 Å². The first-order valence-electron chi connectivity index (χ1n) is 12.1. The van der Waals surface area contributed by atoms with Crippen molar-refractivity contribution in [1.82, 2.24) is 0 Å². The molecule has 1 N–H and O–H groups in total. The summed E-state index contributed by atoms with van der Waals surface area (Å²) in [4.78, 5) is 12.7. The number of allylic oxidation sites excluding steroid dienone is 2. The number of hydrogen-bond donors (Lipinski definition) is 1. The Morgan fingerprint density at radius 3 is 2.56 bits per heavy atom. The van der Waals surface area contributed by atoms with Crippen LogP contribution in [-0.2, 0) is 11.2 Å². The second-order valence-electron chi connectivity index (χ2n) is 11.7. The Labute approximate surface area is 192 Å². The zero-order chi connectivity index (χ0) is 23.6. The highest BCUT2D eigenvalue weighted by Gasteiger charge is 2.66. The fourth-order valence-corrected chi connectivity index (χ4v) is 7.44. The second kappa shape index (κ2) is 7.62. The minimum Gasteiger partial charge on any atom is -0.507 e. The van der Waals surface area contributed by atoms with Crippen molar-refractivity contribution in [3.05, 3.63) is 51.1 Å². The van der Waals surface area contributed by atoms with E-state index in [0.29, 0.717) is 29.2 Å². The molecule has 0 aromatic carbocycles. The Bertz CT molecular complexity index is 1030. The normalized spacial score (nSPS) is 38.8. The summed E-state index contributed by atoms with van der Waals surface area (Å²) in [6, 6.07) is 0. The molecule has 1 aromatic heterocycles. The van der Waals surface area contributed by atoms with E-state index in [4.69, 9.17) is 9.15 Å². The number of hydrogen-bond acceptors (Lipinski definition) is 4. The highest BCUT2D eigenvalue weighted by atomic mass is 16.5. The molecule has 0 amide bonds. The van der Waals surface area contributed by atoms with Crippen LogP contribution in [0.3, 0.4) is 0 Å². The van der Waals surface area contributed by atoms with Crippen LogP contribution in [0, 0.1) is 36.5 Å². The van der Waals surface area contributed by atoms with Crippen LogP contribution in [0.25, 0.3) is 0 Å². The van der Waals surface area contributed by atoms with Crippen LogP contribution >= 0.6 is 0 Å². The standard InChI is InChI=1S/C28H40O4/c1-16(2)13-20-15-27(7)23-10-9-17(3)22(26(23,6)11-12-28(27,8)32-20)14-21-24(29)18(4)19(5)31-25(21)30/h13,20,22-23,29H,3,9-12,14-15H2,1-2,4-8H3/t20-,22-,23-,26-,27+,28-/m1/s1. The smallest absolute Gasteiger partial charge is 0.342 e. The van der Waals surface area contributed by atoms with E-state index in [1.165, 1.54) is 11.1 Å². The Kier molecular flexibility index (Phi) is 5.56. The van der Waals surface area contributed by atoms with Crippen molar-refractivity contribution in [2.45, 2.75) is 98.7 Å². The molecule has 176 valence electrons. The van der Waals surface area contributed by atoms with Gasteiger partial charge in [0, 0.05) is 11.0 Å². The van der Waals surface area contributed by atoms with Gasteiger partial charge in [-0.05, 0) is 90.4 Å². The molecule has 4 rings (SSSR count). The Hall–Kier alpha value is -1.81. The van der Waals surface area contributed by atoms with Crippen LogP contribution in [0.2, 0.25) is 0 Å². The minimum atomic E-state index is -0.413. The van der Waals surface area contributed by atoms with Crippen LogP contribution in [0.5, 0.6) is 5.75 Å². The van der Waals surface area contributed by atoms with Gasteiger partial charge in [-0.2, -0.15) is 0 Å². The molecule has 2 saturated carbocycles. The predicted octanol–water partition coefficient (Wildman–Crippen LogP) is 6.41. The van der Waals surface area contributed by atoms with Gasteiger partial charge in [-0.3, -0.25) is 0 Å². The summed E-state index contributed by atoms with van der Waals surface area (Å²) in [7, 11) is 0. The maximum atomic E-state index is 12.7. The maximum absolute atomic E-state index is 12.7. The van der Waals surface area contributed by atoms with Crippen LogP contribution in [0.1, 0.15) is 83.6 Å². The summed E-state index contributed by atoms with van der Waals surface area (Å²) in [5.41, 5.74) is 3.07. The van der Waals surface area contributed by atoms with Crippen molar-refractivity contribution in [2.75, 3.05) is 0 Å². The van der Waals surface area contributed by atoms with Gasteiger partial charge >= 0.3 is 5.63 Å². The zero-order valence-corrected chi connectivity index (χ0v) is 20.9. The van der Waals surface area contributed by atoms with Crippen LogP contribution < -0.4 is 5.63 Å². The molecule has 0 bridgehead atoms. The van der Waals surface area contributed by atoms with Gasteiger partial charge in [0.1, 0.15) is 11.5 Å². The Morgan fingerprint density at radius 2 is 1.91 bits per heavy atom. The first kappa shape index (κ1) is 23.4. The third-order valence-corrected chi connectivity index (χ3v) is 9.58. The number of aromatic hydroxyl groups is 1. The van der Waals surface area contributed by atoms with Gasteiger partial charge in [-0.15, -0.1) is 0 Å². The van der Waals surface area contributed by atoms with E-state index >= 15 is 0 Å². The van der Waals surface area contributed by atoms with Crippen molar-refractivity contribution < 1.29 is 14.3 Å². The maximum Gasteiger partial charge on any atom is 0.342 e. The van der Waals surface area contributed by atoms with E-state index < -0.39 is 5.63 Å². The summed E-state index contributed by atoms with van der Waals surface area (Å²) >= 11 is 0.